The first kappa shape index (κ1) is 12.6. The highest BCUT2D eigenvalue weighted by atomic mass is 32.2. The zero-order valence-electron chi connectivity index (χ0n) is 10.2. The van der Waals surface area contributed by atoms with E-state index >= 15 is 0 Å². The summed E-state index contributed by atoms with van der Waals surface area (Å²) in [6, 6.07) is 4.94. The third-order valence-electron chi connectivity index (χ3n) is 2.63. The predicted molar refractivity (Wildman–Crippen MR) is 67.5 cm³/mol. The van der Waals surface area contributed by atoms with Crippen molar-refractivity contribution < 1.29 is 8.42 Å². The lowest BCUT2D eigenvalue weighted by Gasteiger charge is -2.08. The van der Waals surface area contributed by atoms with Gasteiger partial charge in [-0.25, -0.2) is 13.4 Å². The first-order chi connectivity index (χ1) is 8.40. The van der Waals surface area contributed by atoms with E-state index in [9.17, 15) is 8.42 Å². The van der Waals surface area contributed by atoms with Gasteiger partial charge in [0.2, 0.25) is 0 Å². The summed E-state index contributed by atoms with van der Waals surface area (Å²) in [4.78, 5) is 4.05. The van der Waals surface area contributed by atoms with Gasteiger partial charge in [0.25, 0.3) is 0 Å². The minimum atomic E-state index is -3.51. The van der Waals surface area contributed by atoms with Crippen LogP contribution in [-0.4, -0.2) is 23.2 Å². The second kappa shape index (κ2) is 4.41. The molecular weight excluding hydrogens is 252 g/mol. The Labute approximate surface area is 105 Å². The Kier molecular flexibility index (Phi) is 3.08. The number of hydrogen-bond donors (Lipinski definition) is 1. The van der Waals surface area contributed by atoms with Crippen LogP contribution in [0.25, 0.3) is 0 Å². The maximum Gasteiger partial charge on any atom is 0.187 e. The van der Waals surface area contributed by atoms with Crippen LogP contribution in [0.15, 0.2) is 29.4 Å². The van der Waals surface area contributed by atoms with E-state index in [0.29, 0.717) is 5.82 Å². The Balaban J connectivity index is 2.43. The van der Waals surface area contributed by atoms with Crippen molar-refractivity contribution >= 4 is 15.5 Å². The van der Waals surface area contributed by atoms with E-state index in [2.05, 4.69) is 10.1 Å². The number of hydrogen-bond acceptors (Lipinski definition) is 5. The fourth-order valence-corrected chi connectivity index (χ4v) is 3.16. The molecule has 0 unspecified atom stereocenters. The van der Waals surface area contributed by atoms with E-state index in [1.807, 2.05) is 6.92 Å². The number of nitrogen functional groups attached to an aromatic ring is 1. The molecule has 0 amide bonds. The van der Waals surface area contributed by atoms with Crippen LogP contribution in [0.4, 0.5) is 5.69 Å². The molecule has 1 aromatic heterocycles. The Bertz CT molecular complexity index is 676. The number of benzene rings is 1. The second-order valence-corrected chi connectivity index (χ2v) is 6.06. The van der Waals surface area contributed by atoms with Crippen LogP contribution in [0.3, 0.4) is 0 Å². The predicted octanol–water partition coefficient (Wildman–Crippen LogP) is 0.680. The van der Waals surface area contributed by atoms with Crippen molar-refractivity contribution in [3.8, 4) is 0 Å². The number of sulfone groups is 1. The highest BCUT2D eigenvalue weighted by molar-refractivity contribution is 7.90. The lowest BCUT2D eigenvalue weighted by atomic mass is 10.2. The molecule has 1 aromatic carbocycles. The van der Waals surface area contributed by atoms with E-state index in [0.717, 1.165) is 5.56 Å². The van der Waals surface area contributed by atoms with Gasteiger partial charge in [-0.2, -0.15) is 5.10 Å². The standard InChI is InChI=1S/C11H14N4O2S/c1-8-3-4-9(12)10(5-8)18(16,17)6-11-13-7-14-15(11)2/h3-5,7H,6,12H2,1-2H3. The minimum absolute atomic E-state index is 0.144. The number of rotatable bonds is 3. The summed E-state index contributed by atoms with van der Waals surface area (Å²) in [6.45, 7) is 1.82. The largest absolute Gasteiger partial charge is 0.398 e. The van der Waals surface area contributed by atoms with E-state index in [4.69, 9.17) is 5.73 Å². The molecule has 2 rings (SSSR count). The summed E-state index contributed by atoms with van der Waals surface area (Å²) >= 11 is 0. The molecule has 6 nitrogen and oxygen atoms in total. The van der Waals surface area contributed by atoms with Gasteiger partial charge in [-0.1, -0.05) is 6.07 Å². The molecule has 18 heavy (non-hydrogen) atoms. The van der Waals surface area contributed by atoms with Crippen LogP contribution in [0.2, 0.25) is 0 Å². The molecule has 96 valence electrons. The van der Waals surface area contributed by atoms with Crippen molar-refractivity contribution in [2.45, 2.75) is 17.6 Å². The topological polar surface area (TPSA) is 90.9 Å². The van der Waals surface area contributed by atoms with Gasteiger partial charge >= 0.3 is 0 Å². The fraction of sp³-hybridized carbons (Fsp3) is 0.273. The molecule has 0 fully saturated rings. The van der Waals surface area contributed by atoms with Gasteiger partial charge in [0.1, 0.15) is 17.9 Å². The number of anilines is 1. The minimum Gasteiger partial charge on any atom is -0.398 e. The zero-order valence-corrected chi connectivity index (χ0v) is 11.0. The number of nitrogens with two attached hydrogens (primary N) is 1. The molecule has 0 radical (unpaired) electrons. The Morgan fingerprint density at radius 2 is 2.11 bits per heavy atom. The molecule has 0 aliphatic heterocycles. The Hall–Kier alpha value is -1.89. The van der Waals surface area contributed by atoms with Crippen LogP contribution < -0.4 is 5.73 Å². The molecule has 0 aliphatic carbocycles. The molecule has 0 saturated heterocycles. The van der Waals surface area contributed by atoms with Gasteiger partial charge in [0.15, 0.2) is 9.84 Å². The van der Waals surface area contributed by atoms with Crippen molar-refractivity contribution in [3.63, 3.8) is 0 Å². The summed E-state index contributed by atoms with van der Waals surface area (Å²) in [5, 5.41) is 3.84. The van der Waals surface area contributed by atoms with Crippen LogP contribution in [0.5, 0.6) is 0 Å². The van der Waals surface area contributed by atoms with Gasteiger partial charge in [-0.05, 0) is 24.6 Å². The number of aromatic nitrogens is 3. The van der Waals surface area contributed by atoms with Crippen molar-refractivity contribution in [1.29, 1.82) is 0 Å². The molecule has 7 heteroatoms. The zero-order chi connectivity index (χ0) is 13.3. The monoisotopic (exact) mass is 266 g/mol. The normalized spacial score (nSPS) is 11.7. The van der Waals surface area contributed by atoms with Crippen molar-refractivity contribution in [2.24, 2.45) is 7.05 Å². The molecule has 2 aromatic rings. The summed E-state index contributed by atoms with van der Waals surface area (Å²) in [7, 11) is -1.86. The Morgan fingerprint density at radius 1 is 1.39 bits per heavy atom. The maximum absolute atomic E-state index is 12.3. The van der Waals surface area contributed by atoms with Crippen molar-refractivity contribution in [2.75, 3.05) is 5.73 Å². The third-order valence-corrected chi connectivity index (χ3v) is 4.29. The highest BCUT2D eigenvalue weighted by Gasteiger charge is 2.20. The smallest absolute Gasteiger partial charge is 0.187 e. The molecule has 0 spiro atoms. The van der Waals surface area contributed by atoms with E-state index in [1.165, 1.54) is 11.0 Å². The maximum atomic E-state index is 12.3. The highest BCUT2D eigenvalue weighted by Crippen LogP contribution is 2.22. The first-order valence-electron chi connectivity index (χ1n) is 5.32. The van der Waals surface area contributed by atoms with Crippen LogP contribution >= 0.6 is 0 Å². The van der Waals surface area contributed by atoms with E-state index in [1.54, 1.807) is 25.2 Å². The average Bonchev–Trinajstić information content (AvgIpc) is 2.67. The number of nitrogens with zero attached hydrogens (tertiary/aromatic N) is 3. The number of aryl methyl sites for hydroxylation is 2. The van der Waals surface area contributed by atoms with Crippen LogP contribution in [0.1, 0.15) is 11.4 Å². The Morgan fingerprint density at radius 3 is 2.72 bits per heavy atom. The van der Waals surface area contributed by atoms with Crippen LogP contribution in [0, 0.1) is 6.92 Å². The molecular formula is C11H14N4O2S. The van der Waals surface area contributed by atoms with Crippen molar-refractivity contribution in [3.05, 3.63) is 35.9 Å². The quantitative estimate of drug-likeness (QED) is 0.825. The van der Waals surface area contributed by atoms with E-state index in [-0.39, 0.29) is 16.3 Å². The van der Waals surface area contributed by atoms with Crippen LogP contribution in [-0.2, 0) is 22.6 Å². The molecule has 0 saturated carbocycles. The molecule has 0 bridgehead atoms. The third kappa shape index (κ3) is 2.35. The van der Waals surface area contributed by atoms with Gasteiger partial charge in [-0.3, -0.25) is 4.68 Å². The molecule has 1 heterocycles. The summed E-state index contributed by atoms with van der Waals surface area (Å²) in [5.74, 6) is 0.174. The molecule has 0 aliphatic rings. The lowest BCUT2D eigenvalue weighted by Crippen LogP contribution is -2.12. The SMILES string of the molecule is Cc1ccc(N)c(S(=O)(=O)Cc2ncnn2C)c1. The average molecular weight is 266 g/mol. The van der Waals surface area contributed by atoms with Gasteiger partial charge in [-0.15, -0.1) is 0 Å². The van der Waals surface area contributed by atoms with Gasteiger partial charge in [0, 0.05) is 7.05 Å². The molecule has 0 atom stereocenters. The van der Waals surface area contributed by atoms with Gasteiger partial charge in [0.05, 0.1) is 10.6 Å². The van der Waals surface area contributed by atoms with Crippen molar-refractivity contribution in [1.82, 2.24) is 14.8 Å². The molecule has 2 N–H and O–H groups in total. The van der Waals surface area contributed by atoms with Gasteiger partial charge < -0.3 is 5.73 Å². The second-order valence-electron chi connectivity index (χ2n) is 4.10. The summed E-state index contributed by atoms with van der Waals surface area (Å²) in [5.41, 5.74) is 6.82. The first-order valence-corrected chi connectivity index (χ1v) is 6.97. The lowest BCUT2D eigenvalue weighted by molar-refractivity contribution is 0.591. The summed E-state index contributed by atoms with van der Waals surface area (Å²) < 4.78 is 26.0. The van der Waals surface area contributed by atoms with E-state index < -0.39 is 9.84 Å². The fourth-order valence-electron chi connectivity index (χ4n) is 1.61. The summed E-state index contributed by atoms with van der Waals surface area (Å²) in [6.07, 6.45) is 1.32.